The number of halogens is 3. The molecule has 0 saturated carbocycles. The number of alkyl halides is 3. The number of amides is 2. The van der Waals surface area contributed by atoms with Crippen LogP contribution in [0.4, 0.5) is 18.0 Å². The zero-order valence-electron chi connectivity index (χ0n) is 15.3. The van der Waals surface area contributed by atoms with E-state index in [9.17, 15) is 18.0 Å². The number of nitrogens with one attached hydrogen (secondary N) is 1. The molecule has 0 spiro atoms. The van der Waals surface area contributed by atoms with Crippen molar-refractivity contribution in [3.05, 3.63) is 41.6 Å². The fraction of sp³-hybridized carbons (Fsp3) is 0.500. The third kappa shape index (κ3) is 4.93. The van der Waals surface area contributed by atoms with Crippen LogP contribution in [-0.2, 0) is 12.6 Å². The van der Waals surface area contributed by atoms with Gasteiger partial charge < -0.3 is 19.4 Å². The number of benzene rings is 1. The van der Waals surface area contributed by atoms with Crippen LogP contribution >= 0.6 is 0 Å². The summed E-state index contributed by atoms with van der Waals surface area (Å²) in [6.07, 6.45) is -2.76. The fourth-order valence-corrected chi connectivity index (χ4v) is 3.10. The Bertz CT molecular complexity index is 792. The van der Waals surface area contributed by atoms with E-state index in [2.05, 4.69) is 15.5 Å². The molecule has 2 amide bonds. The maximum atomic E-state index is 12.6. The average molecular weight is 398 g/mol. The number of ether oxygens (including phenoxy) is 1. The second-order valence-corrected chi connectivity index (χ2v) is 6.56. The first kappa shape index (κ1) is 20.0. The van der Waals surface area contributed by atoms with Crippen molar-refractivity contribution in [2.24, 2.45) is 0 Å². The average Bonchev–Trinajstić information content (AvgIpc) is 3.19. The van der Waals surface area contributed by atoms with Crippen LogP contribution in [0.5, 0.6) is 5.75 Å². The summed E-state index contributed by atoms with van der Waals surface area (Å²) < 4.78 is 47.7. The molecule has 10 heteroatoms. The van der Waals surface area contributed by atoms with Gasteiger partial charge in [0.05, 0.1) is 13.0 Å². The molecule has 2 heterocycles. The molecule has 1 N–H and O–H groups in total. The molecule has 0 radical (unpaired) electrons. The van der Waals surface area contributed by atoms with Gasteiger partial charge in [-0.2, -0.15) is 13.2 Å². The van der Waals surface area contributed by atoms with Gasteiger partial charge in [-0.1, -0.05) is 12.1 Å². The Kier molecular flexibility index (Phi) is 6.05. The van der Waals surface area contributed by atoms with Crippen molar-refractivity contribution in [1.29, 1.82) is 0 Å². The highest BCUT2D eigenvalue weighted by Gasteiger charge is 2.39. The van der Waals surface area contributed by atoms with E-state index in [0.29, 0.717) is 32.4 Å². The van der Waals surface area contributed by atoms with Crippen molar-refractivity contribution in [2.75, 3.05) is 26.7 Å². The molecule has 1 unspecified atom stereocenters. The minimum Gasteiger partial charge on any atom is -0.497 e. The molecule has 3 rings (SSSR count). The Morgan fingerprint density at radius 2 is 2.07 bits per heavy atom. The number of likely N-dealkylation sites (tertiary alicyclic amines) is 1. The largest absolute Gasteiger partial charge is 0.497 e. The van der Waals surface area contributed by atoms with Gasteiger partial charge in [-0.05, 0) is 37.0 Å². The summed E-state index contributed by atoms with van der Waals surface area (Å²) in [7, 11) is 1.60. The van der Waals surface area contributed by atoms with Gasteiger partial charge in [0.2, 0.25) is 5.89 Å². The summed E-state index contributed by atoms with van der Waals surface area (Å²) in [6, 6.07) is 7.30. The molecule has 1 atom stereocenters. The van der Waals surface area contributed by atoms with Gasteiger partial charge in [0, 0.05) is 19.6 Å². The second-order valence-electron chi connectivity index (χ2n) is 6.56. The molecule has 28 heavy (non-hydrogen) atoms. The van der Waals surface area contributed by atoms with Gasteiger partial charge in [0.1, 0.15) is 5.75 Å². The van der Waals surface area contributed by atoms with Crippen molar-refractivity contribution < 1.29 is 27.1 Å². The lowest BCUT2D eigenvalue weighted by atomic mass is 9.98. The zero-order chi connectivity index (χ0) is 20.1. The van der Waals surface area contributed by atoms with Gasteiger partial charge in [-0.3, -0.25) is 0 Å². The Morgan fingerprint density at radius 3 is 2.71 bits per heavy atom. The molecular weight excluding hydrogens is 377 g/mol. The monoisotopic (exact) mass is 398 g/mol. The number of methoxy groups -OCH3 is 1. The first-order valence-electron chi connectivity index (χ1n) is 8.93. The number of aromatic nitrogens is 2. The van der Waals surface area contributed by atoms with E-state index in [0.717, 1.165) is 11.3 Å². The smallest absolute Gasteiger partial charge is 0.470 e. The van der Waals surface area contributed by atoms with E-state index in [1.807, 2.05) is 24.3 Å². The van der Waals surface area contributed by atoms with Crippen LogP contribution in [0.15, 0.2) is 28.7 Å². The highest BCUT2D eigenvalue weighted by atomic mass is 19.4. The van der Waals surface area contributed by atoms with Crippen LogP contribution in [0.25, 0.3) is 0 Å². The summed E-state index contributed by atoms with van der Waals surface area (Å²) in [6.45, 7) is 1.23. The maximum Gasteiger partial charge on any atom is 0.470 e. The zero-order valence-corrected chi connectivity index (χ0v) is 15.3. The highest BCUT2D eigenvalue weighted by Crippen LogP contribution is 2.31. The van der Waals surface area contributed by atoms with E-state index >= 15 is 0 Å². The fourth-order valence-electron chi connectivity index (χ4n) is 3.10. The van der Waals surface area contributed by atoms with Crippen molar-refractivity contribution in [3.8, 4) is 5.75 Å². The Hall–Kier alpha value is -2.78. The summed E-state index contributed by atoms with van der Waals surface area (Å²) in [5.74, 6) is -1.07. The lowest BCUT2D eigenvalue weighted by Crippen LogP contribution is -2.45. The summed E-state index contributed by atoms with van der Waals surface area (Å²) in [5.41, 5.74) is 1.06. The van der Waals surface area contributed by atoms with E-state index in [1.54, 1.807) is 12.0 Å². The molecule has 1 aliphatic rings. The third-order valence-corrected chi connectivity index (χ3v) is 4.59. The second kappa shape index (κ2) is 8.49. The van der Waals surface area contributed by atoms with Gasteiger partial charge >= 0.3 is 18.1 Å². The summed E-state index contributed by atoms with van der Waals surface area (Å²) >= 11 is 0. The number of hydrogen-bond acceptors (Lipinski definition) is 5. The maximum absolute atomic E-state index is 12.6. The molecule has 2 aromatic rings. The predicted octanol–water partition coefficient (Wildman–Crippen LogP) is 3.23. The van der Waals surface area contributed by atoms with Gasteiger partial charge in [-0.25, -0.2) is 4.79 Å². The van der Waals surface area contributed by atoms with Crippen molar-refractivity contribution in [3.63, 3.8) is 0 Å². The van der Waals surface area contributed by atoms with Crippen LogP contribution in [0.2, 0.25) is 0 Å². The van der Waals surface area contributed by atoms with Gasteiger partial charge in [0.25, 0.3) is 0 Å². The van der Waals surface area contributed by atoms with E-state index in [1.165, 1.54) is 0 Å². The van der Waals surface area contributed by atoms with Crippen LogP contribution in [0.1, 0.15) is 36.1 Å². The minimum absolute atomic E-state index is 0.0805. The number of urea groups is 1. The van der Waals surface area contributed by atoms with Crippen LogP contribution in [0, 0.1) is 0 Å². The molecule has 7 nitrogen and oxygen atoms in total. The Morgan fingerprint density at radius 1 is 1.32 bits per heavy atom. The molecule has 1 aromatic carbocycles. The summed E-state index contributed by atoms with van der Waals surface area (Å²) in [5, 5.41) is 9.41. The molecule has 152 valence electrons. The normalized spacial score (nSPS) is 17.4. The highest BCUT2D eigenvalue weighted by molar-refractivity contribution is 5.74. The van der Waals surface area contributed by atoms with E-state index in [-0.39, 0.29) is 18.5 Å². The van der Waals surface area contributed by atoms with Gasteiger partial charge in [-0.15, -0.1) is 10.2 Å². The quantitative estimate of drug-likeness (QED) is 0.837. The standard InChI is InChI=1S/C18H21F3N4O3/c1-27-14-6-4-12(5-7-14)8-9-22-17(26)25-10-2-3-13(11-25)15-23-24-16(28-15)18(19,20)21/h4-7,13H,2-3,8-11H2,1H3,(H,22,26). The third-order valence-electron chi connectivity index (χ3n) is 4.59. The number of piperidine rings is 1. The number of rotatable bonds is 5. The number of hydrogen-bond donors (Lipinski definition) is 1. The molecule has 1 fully saturated rings. The Labute approximate surface area is 159 Å². The molecule has 1 aromatic heterocycles. The predicted molar refractivity (Wildman–Crippen MR) is 92.9 cm³/mol. The molecule has 0 bridgehead atoms. The van der Waals surface area contributed by atoms with Gasteiger partial charge in [0.15, 0.2) is 0 Å². The minimum atomic E-state index is -4.67. The van der Waals surface area contributed by atoms with Crippen LogP contribution in [0.3, 0.4) is 0 Å². The Balaban J connectivity index is 1.50. The number of carbonyl (C=O) groups is 1. The van der Waals surface area contributed by atoms with E-state index < -0.39 is 18.0 Å². The number of nitrogens with zero attached hydrogens (tertiary/aromatic N) is 3. The van der Waals surface area contributed by atoms with Crippen LogP contribution in [-0.4, -0.2) is 47.9 Å². The lowest BCUT2D eigenvalue weighted by Gasteiger charge is -2.31. The van der Waals surface area contributed by atoms with Crippen molar-refractivity contribution >= 4 is 6.03 Å². The molecular formula is C18H21F3N4O3. The van der Waals surface area contributed by atoms with Crippen molar-refractivity contribution in [2.45, 2.75) is 31.4 Å². The molecule has 1 saturated heterocycles. The lowest BCUT2D eigenvalue weighted by molar-refractivity contribution is -0.157. The van der Waals surface area contributed by atoms with E-state index in [4.69, 9.17) is 9.15 Å². The topological polar surface area (TPSA) is 80.5 Å². The molecule has 1 aliphatic heterocycles. The van der Waals surface area contributed by atoms with Crippen molar-refractivity contribution in [1.82, 2.24) is 20.4 Å². The SMILES string of the molecule is COc1ccc(CCNC(=O)N2CCCC(c3nnc(C(F)(F)F)o3)C2)cc1. The summed E-state index contributed by atoms with van der Waals surface area (Å²) in [4.78, 5) is 13.9. The number of carbonyl (C=O) groups excluding carboxylic acids is 1. The first-order chi connectivity index (χ1) is 13.4. The first-order valence-corrected chi connectivity index (χ1v) is 8.93. The molecule has 0 aliphatic carbocycles. The van der Waals surface area contributed by atoms with Crippen LogP contribution < -0.4 is 10.1 Å².